The van der Waals surface area contributed by atoms with Crippen LogP contribution >= 0.6 is 0 Å². The van der Waals surface area contributed by atoms with E-state index < -0.39 is 0 Å². The van der Waals surface area contributed by atoms with Crippen LogP contribution in [0.4, 0.5) is 5.82 Å². The minimum atomic E-state index is 0.103. The fourth-order valence-corrected chi connectivity index (χ4v) is 4.33. The molecule has 2 aromatic heterocycles. The van der Waals surface area contributed by atoms with Gasteiger partial charge in [-0.3, -0.25) is 9.69 Å². The molecule has 5 rings (SSSR count). The molecule has 0 saturated carbocycles. The van der Waals surface area contributed by atoms with Gasteiger partial charge < -0.3 is 19.4 Å². The fraction of sp³-hybridized carbons (Fsp3) is 0.296. The van der Waals surface area contributed by atoms with Gasteiger partial charge in [0.25, 0.3) is 0 Å². The first-order valence-corrected chi connectivity index (χ1v) is 11.8. The van der Waals surface area contributed by atoms with Crippen molar-refractivity contribution in [2.45, 2.75) is 26.6 Å². The zero-order chi connectivity index (χ0) is 24.2. The Bertz CT molecular complexity index is 1340. The van der Waals surface area contributed by atoms with Crippen LogP contribution < -0.4 is 10.1 Å². The minimum Gasteiger partial charge on any atom is -0.497 e. The predicted octanol–water partition coefficient (Wildman–Crippen LogP) is 4.00. The van der Waals surface area contributed by atoms with Gasteiger partial charge in [-0.2, -0.15) is 0 Å². The van der Waals surface area contributed by atoms with Crippen LogP contribution in [0.2, 0.25) is 0 Å². The summed E-state index contributed by atoms with van der Waals surface area (Å²) in [4.78, 5) is 26.5. The first kappa shape index (κ1) is 22.9. The van der Waals surface area contributed by atoms with E-state index in [1.807, 2.05) is 72.5 Å². The van der Waals surface area contributed by atoms with Crippen molar-refractivity contribution in [1.29, 1.82) is 0 Å². The number of nitrogens with zero attached hydrogens (tertiary/aromatic N) is 4. The summed E-state index contributed by atoms with van der Waals surface area (Å²) in [6, 6.07) is 19.7. The second kappa shape index (κ2) is 10.1. The molecule has 1 amide bonds. The fourth-order valence-electron chi connectivity index (χ4n) is 4.33. The summed E-state index contributed by atoms with van der Waals surface area (Å²) in [6.45, 7) is 5.32. The van der Waals surface area contributed by atoms with Gasteiger partial charge in [-0.05, 0) is 48.9 Å². The summed E-state index contributed by atoms with van der Waals surface area (Å²) < 4.78 is 11.0. The number of aromatic nitrogens is 2. The Morgan fingerprint density at radius 1 is 1.03 bits per heavy atom. The summed E-state index contributed by atoms with van der Waals surface area (Å²) in [5.41, 5.74) is 1.94. The number of para-hydroxylation sites is 1. The normalized spacial score (nSPS) is 14.5. The molecule has 8 heteroatoms. The number of benzene rings is 2. The van der Waals surface area contributed by atoms with Crippen LogP contribution in [0.5, 0.6) is 5.75 Å². The summed E-state index contributed by atoms with van der Waals surface area (Å²) in [6.07, 6.45) is 0. The smallest absolute Gasteiger partial charge is 0.237 e. The summed E-state index contributed by atoms with van der Waals surface area (Å²) in [5.74, 6) is 4.09. The van der Waals surface area contributed by atoms with Crippen molar-refractivity contribution in [1.82, 2.24) is 19.8 Å². The molecular formula is C27H29N5O3. The van der Waals surface area contributed by atoms with Gasteiger partial charge in [0.05, 0.1) is 32.3 Å². The first-order chi connectivity index (χ1) is 17.1. The molecule has 3 heterocycles. The highest BCUT2D eigenvalue weighted by molar-refractivity contribution is 5.89. The van der Waals surface area contributed by atoms with Gasteiger partial charge in [-0.15, -0.1) is 0 Å². The zero-order valence-electron chi connectivity index (χ0n) is 20.0. The van der Waals surface area contributed by atoms with Crippen molar-refractivity contribution < 1.29 is 13.9 Å². The van der Waals surface area contributed by atoms with Crippen LogP contribution in [-0.2, 0) is 24.4 Å². The number of furan rings is 1. The number of piperazine rings is 1. The molecule has 1 aliphatic rings. The van der Waals surface area contributed by atoms with E-state index in [0.717, 1.165) is 46.1 Å². The van der Waals surface area contributed by atoms with E-state index >= 15 is 0 Å². The zero-order valence-corrected chi connectivity index (χ0v) is 20.0. The highest BCUT2D eigenvalue weighted by Gasteiger charge is 2.25. The Hall–Kier alpha value is -3.91. The van der Waals surface area contributed by atoms with E-state index in [1.54, 1.807) is 7.11 Å². The van der Waals surface area contributed by atoms with Crippen LogP contribution in [0.3, 0.4) is 0 Å². The van der Waals surface area contributed by atoms with E-state index in [4.69, 9.17) is 19.1 Å². The van der Waals surface area contributed by atoms with Gasteiger partial charge in [0.1, 0.15) is 28.9 Å². The minimum absolute atomic E-state index is 0.103. The van der Waals surface area contributed by atoms with Crippen molar-refractivity contribution in [2.75, 3.05) is 32.1 Å². The maximum absolute atomic E-state index is 12.9. The number of rotatable bonds is 8. The number of carbonyl (C=O) groups excluding carboxylic acids is 1. The van der Waals surface area contributed by atoms with Crippen molar-refractivity contribution >= 4 is 22.6 Å². The van der Waals surface area contributed by atoms with Gasteiger partial charge >= 0.3 is 0 Å². The largest absolute Gasteiger partial charge is 0.497 e. The third-order valence-corrected chi connectivity index (χ3v) is 6.15. The number of methoxy groups -OCH3 is 1. The summed E-state index contributed by atoms with van der Waals surface area (Å²) in [7, 11) is 1.65. The molecule has 1 aliphatic heterocycles. The number of nitrogens with one attached hydrogen (secondary N) is 1. The molecule has 1 fully saturated rings. The number of fused-ring (bicyclic) bond motifs is 1. The van der Waals surface area contributed by atoms with Crippen molar-refractivity contribution in [3.8, 4) is 5.75 Å². The third kappa shape index (κ3) is 5.44. The van der Waals surface area contributed by atoms with Gasteiger partial charge in [0.2, 0.25) is 5.91 Å². The maximum atomic E-state index is 12.9. The maximum Gasteiger partial charge on any atom is 0.237 e. The highest BCUT2D eigenvalue weighted by atomic mass is 16.5. The predicted molar refractivity (Wildman–Crippen MR) is 134 cm³/mol. The summed E-state index contributed by atoms with van der Waals surface area (Å²) in [5, 5.41) is 4.36. The van der Waals surface area contributed by atoms with E-state index in [1.165, 1.54) is 0 Å². The number of amides is 1. The lowest BCUT2D eigenvalue weighted by Crippen LogP contribution is -2.49. The molecule has 8 nitrogen and oxygen atoms in total. The van der Waals surface area contributed by atoms with Crippen LogP contribution in [0.15, 0.2) is 65.1 Å². The highest BCUT2D eigenvalue weighted by Crippen LogP contribution is 2.22. The lowest BCUT2D eigenvalue weighted by atomic mass is 10.2. The molecule has 0 aliphatic carbocycles. The number of hydrogen-bond acceptors (Lipinski definition) is 7. The van der Waals surface area contributed by atoms with Gasteiger partial charge in [-0.1, -0.05) is 24.3 Å². The Morgan fingerprint density at radius 2 is 1.91 bits per heavy atom. The van der Waals surface area contributed by atoms with Crippen molar-refractivity contribution in [2.24, 2.45) is 0 Å². The van der Waals surface area contributed by atoms with Crippen LogP contribution in [0, 0.1) is 6.92 Å². The molecule has 180 valence electrons. The number of hydrogen-bond donors (Lipinski definition) is 1. The number of anilines is 1. The van der Waals surface area contributed by atoms with Crippen LogP contribution in [0.25, 0.3) is 10.9 Å². The topological polar surface area (TPSA) is 83.7 Å². The summed E-state index contributed by atoms with van der Waals surface area (Å²) >= 11 is 0. The van der Waals surface area contributed by atoms with E-state index in [0.29, 0.717) is 38.5 Å². The molecule has 0 spiro atoms. The second-order valence-electron chi connectivity index (χ2n) is 8.75. The van der Waals surface area contributed by atoms with E-state index in [-0.39, 0.29) is 5.91 Å². The molecule has 0 radical (unpaired) electrons. The van der Waals surface area contributed by atoms with Crippen LogP contribution in [0.1, 0.15) is 22.9 Å². The Morgan fingerprint density at radius 3 is 2.71 bits per heavy atom. The molecule has 2 aromatic carbocycles. The SMILES string of the molecule is COc1cccc(CN2CCN(Cc3nc(NCc4ccc(C)o4)c4ccccc4n3)CC2=O)c1. The molecular weight excluding hydrogens is 442 g/mol. The average Bonchev–Trinajstić information content (AvgIpc) is 3.29. The van der Waals surface area contributed by atoms with Crippen LogP contribution in [-0.4, -0.2) is 52.4 Å². The van der Waals surface area contributed by atoms with Gasteiger partial charge in [0, 0.05) is 25.0 Å². The molecule has 0 unspecified atom stereocenters. The quantitative estimate of drug-likeness (QED) is 0.416. The Kier molecular flexibility index (Phi) is 6.63. The van der Waals surface area contributed by atoms with Crippen molar-refractivity contribution in [3.05, 3.63) is 83.6 Å². The molecule has 0 atom stereocenters. The van der Waals surface area contributed by atoms with E-state index in [2.05, 4.69) is 10.2 Å². The third-order valence-electron chi connectivity index (χ3n) is 6.15. The standard InChI is InChI=1S/C27H29N5O3/c1-19-10-11-22(35-19)15-28-27-23-8-3-4-9-24(23)29-25(30-27)17-31-12-13-32(26(33)18-31)16-20-6-5-7-21(14-20)34-2/h3-11,14H,12-13,15-18H2,1-2H3,(H,28,29,30). The van der Waals surface area contributed by atoms with Gasteiger partial charge in [-0.25, -0.2) is 9.97 Å². The van der Waals surface area contributed by atoms with E-state index in [9.17, 15) is 4.79 Å². The van der Waals surface area contributed by atoms with Gasteiger partial charge in [0.15, 0.2) is 0 Å². The number of ether oxygens (including phenoxy) is 1. The molecule has 4 aromatic rings. The number of carbonyl (C=O) groups is 1. The first-order valence-electron chi connectivity index (χ1n) is 11.8. The Balaban J connectivity index is 1.26. The molecule has 1 N–H and O–H groups in total. The monoisotopic (exact) mass is 471 g/mol. The number of aryl methyl sites for hydroxylation is 1. The lowest BCUT2D eigenvalue weighted by Gasteiger charge is -2.34. The molecule has 0 bridgehead atoms. The lowest BCUT2D eigenvalue weighted by molar-refractivity contribution is -0.136. The molecule has 35 heavy (non-hydrogen) atoms. The Labute approximate surface area is 204 Å². The molecule has 1 saturated heterocycles. The van der Waals surface area contributed by atoms with Crippen molar-refractivity contribution in [3.63, 3.8) is 0 Å². The second-order valence-corrected chi connectivity index (χ2v) is 8.75. The average molecular weight is 472 g/mol.